The fraction of sp³-hybridized carbons (Fsp3) is 0.846. The molecular weight excluding hydrogens is 218 g/mol. The van der Waals surface area contributed by atoms with Crippen LogP contribution in [0.15, 0.2) is 12.2 Å². The van der Waals surface area contributed by atoms with Gasteiger partial charge in [0, 0.05) is 6.61 Å². The largest absolute Gasteiger partial charge is 0.386 e. The van der Waals surface area contributed by atoms with Gasteiger partial charge in [0.15, 0.2) is 0 Å². The first-order valence-corrected chi connectivity index (χ1v) is 5.90. The third kappa shape index (κ3) is 3.07. The molecule has 17 heavy (non-hydrogen) atoms. The van der Waals surface area contributed by atoms with Gasteiger partial charge in [0.05, 0.1) is 5.60 Å². The highest BCUT2D eigenvalue weighted by atomic mass is 16.5. The van der Waals surface area contributed by atoms with Crippen molar-refractivity contribution in [1.29, 1.82) is 0 Å². The van der Waals surface area contributed by atoms with Crippen LogP contribution in [0.3, 0.4) is 0 Å². The molecule has 0 aromatic heterocycles. The standard InChI is InChI=1S/C13H27NO3/c1-8-17-10(14)9(2)12(6,15)13(7,16)11(3,4)5/h10,15-16H,2,8,14H2,1,3-7H3. The van der Waals surface area contributed by atoms with Crippen LogP contribution in [0.1, 0.15) is 41.5 Å². The summed E-state index contributed by atoms with van der Waals surface area (Å²) in [6, 6.07) is 0. The molecule has 3 unspecified atom stereocenters. The molecule has 0 amide bonds. The number of rotatable bonds is 5. The fourth-order valence-electron chi connectivity index (χ4n) is 1.60. The highest BCUT2D eigenvalue weighted by Crippen LogP contribution is 2.42. The van der Waals surface area contributed by atoms with Gasteiger partial charge in [-0.1, -0.05) is 27.4 Å². The number of ether oxygens (including phenoxy) is 1. The van der Waals surface area contributed by atoms with E-state index < -0.39 is 22.8 Å². The summed E-state index contributed by atoms with van der Waals surface area (Å²) in [5, 5.41) is 21.1. The van der Waals surface area contributed by atoms with E-state index in [1.54, 1.807) is 6.92 Å². The van der Waals surface area contributed by atoms with Gasteiger partial charge in [-0.05, 0) is 31.8 Å². The number of hydrogen-bond acceptors (Lipinski definition) is 4. The monoisotopic (exact) mass is 245 g/mol. The van der Waals surface area contributed by atoms with Gasteiger partial charge in [0.2, 0.25) is 0 Å². The zero-order valence-electron chi connectivity index (χ0n) is 11.9. The van der Waals surface area contributed by atoms with Gasteiger partial charge < -0.3 is 20.7 Å². The third-order valence-corrected chi connectivity index (χ3v) is 3.72. The van der Waals surface area contributed by atoms with Crippen molar-refractivity contribution in [2.24, 2.45) is 11.1 Å². The van der Waals surface area contributed by atoms with Gasteiger partial charge in [0.25, 0.3) is 0 Å². The molecule has 0 saturated heterocycles. The van der Waals surface area contributed by atoms with E-state index in [-0.39, 0.29) is 5.57 Å². The van der Waals surface area contributed by atoms with Gasteiger partial charge in [-0.2, -0.15) is 0 Å². The minimum atomic E-state index is -1.53. The minimum absolute atomic E-state index is 0.277. The molecule has 4 nitrogen and oxygen atoms in total. The maximum absolute atomic E-state index is 10.5. The lowest BCUT2D eigenvalue weighted by molar-refractivity contribution is -0.172. The molecule has 0 aliphatic heterocycles. The van der Waals surface area contributed by atoms with E-state index in [9.17, 15) is 10.2 Å². The number of hydrogen-bond donors (Lipinski definition) is 3. The molecule has 0 spiro atoms. The molecule has 0 aromatic carbocycles. The van der Waals surface area contributed by atoms with Crippen molar-refractivity contribution in [2.45, 2.75) is 59.0 Å². The van der Waals surface area contributed by atoms with E-state index >= 15 is 0 Å². The first kappa shape index (κ1) is 16.6. The van der Waals surface area contributed by atoms with Crippen molar-refractivity contribution in [2.75, 3.05) is 6.61 Å². The topological polar surface area (TPSA) is 75.7 Å². The molecule has 0 fully saturated rings. The van der Waals surface area contributed by atoms with Crippen LogP contribution in [0.4, 0.5) is 0 Å². The van der Waals surface area contributed by atoms with Crippen LogP contribution in [0.5, 0.6) is 0 Å². The average Bonchev–Trinajstić information content (AvgIpc) is 2.14. The summed E-state index contributed by atoms with van der Waals surface area (Å²) in [4.78, 5) is 0. The Morgan fingerprint density at radius 3 is 1.94 bits per heavy atom. The lowest BCUT2D eigenvalue weighted by atomic mass is 9.65. The second kappa shape index (κ2) is 5.06. The van der Waals surface area contributed by atoms with Crippen LogP contribution in [-0.2, 0) is 4.74 Å². The van der Waals surface area contributed by atoms with Crippen molar-refractivity contribution in [3.05, 3.63) is 12.2 Å². The molecule has 0 rings (SSSR count). The van der Waals surface area contributed by atoms with Crippen molar-refractivity contribution >= 4 is 0 Å². The maximum atomic E-state index is 10.5. The maximum Gasteiger partial charge on any atom is 0.130 e. The molecule has 0 radical (unpaired) electrons. The van der Waals surface area contributed by atoms with Crippen molar-refractivity contribution in [3.63, 3.8) is 0 Å². The average molecular weight is 245 g/mol. The summed E-state index contributed by atoms with van der Waals surface area (Å²) in [5.74, 6) is 0. The Kier molecular flexibility index (Phi) is 4.94. The van der Waals surface area contributed by atoms with Gasteiger partial charge in [-0.25, -0.2) is 0 Å². The Labute approximate surface area is 104 Å². The SMILES string of the molecule is C=C(C(N)OCC)C(C)(O)C(C)(O)C(C)(C)C. The highest BCUT2D eigenvalue weighted by molar-refractivity contribution is 5.23. The van der Waals surface area contributed by atoms with Gasteiger partial charge >= 0.3 is 0 Å². The molecule has 0 aliphatic rings. The van der Waals surface area contributed by atoms with Crippen molar-refractivity contribution < 1.29 is 14.9 Å². The van der Waals surface area contributed by atoms with Crippen LogP contribution >= 0.6 is 0 Å². The zero-order chi connectivity index (χ0) is 14.1. The van der Waals surface area contributed by atoms with E-state index in [4.69, 9.17) is 10.5 Å². The van der Waals surface area contributed by atoms with Crippen LogP contribution in [0, 0.1) is 5.41 Å². The van der Waals surface area contributed by atoms with E-state index in [1.165, 1.54) is 6.92 Å². The van der Waals surface area contributed by atoms with E-state index in [0.717, 1.165) is 0 Å². The molecule has 3 atom stereocenters. The Morgan fingerprint density at radius 2 is 1.65 bits per heavy atom. The highest BCUT2D eigenvalue weighted by Gasteiger charge is 2.52. The molecule has 102 valence electrons. The van der Waals surface area contributed by atoms with E-state index in [1.807, 2.05) is 27.7 Å². The Balaban J connectivity index is 5.20. The van der Waals surface area contributed by atoms with Crippen molar-refractivity contribution in [3.8, 4) is 0 Å². The fourth-order valence-corrected chi connectivity index (χ4v) is 1.60. The summed E-state index contributed by atoms with van der Waals surface area (Å²) in [6.45, 7) is 14.6. The Hall–Kier alpha value is -0.420. The van der Waals surface area contributed by atoms with Gasteiger partial charge in [-0.3, -0.25) is 0 Å². The zero-order valence-corrected chi connectivity index (χ0v) is 11.9. The minimum Gasteiger partial charge on any atom is -0.386 e. The van der Waals surface area contributed by atoms with Crippen molar-refractivity contribution in [1.82, 2.24) is 0 Å². The Bertz CT molecular complexity index is 277. The third-order valence-electron chi connectivity index (χ3n) is 3.72. The smallest absolute Gasteiger partial charge is 0.130 e. The van der Waals surface area contributed by atoms with Crippen LogP contribution in [0.2, 0.25) is 0 Å². The van der Waals surface area contributed by atoms with E-state index in [0.29, 0.717) is 6.61 Å². The summed E-state index contributed by atoms with van der Waals surface area (Å²) in [7, 11) is 0. The molecule has 4 N–H and O–H groups in total. The Morgan fingerprint density at radius 1 is 1.24 bits per heavy atom. The lowest BCUT2D eigenvalue weighted by Gasteiger charge is -2.49. The van der Waals surface area contributed by atoms with Gasteiger partial charge in [0.1, 0.15) is 11.8 Å². The van der Waals surface area contributed by atoms with Crippen LogP contribution < -0.4 is 5.73 Å². The molecule has 0 bridgehead atoms. The molecule has 0 aromatic rings. The number of aliphatic hydroxyl groups is 2. The second-order valence-electron chi connectivity index (χ2n) is 5.80. The summed E-state index contributed by atoms with van der Waals surface area (Å²) in [6.07, 6.45) is -0.788. The predicted molar refractivity (Wildman–Crippen MR) is 69.4 cm³/mol. The summed E-state index contributed by atoms with van der Waals surface area (Å²) >= 11 is 0. The summed E-state index contributed by atoms with van der Waals surface area (Å²) < 4.78 is 5.20. The normalized spacial score (nSPS) is 21.5. The molecule has 0 saturated carbocycles. The second-order valence-corrected chi connectivity index (χ2v) is 5.80. The molecule has 0 heterocycles. The molecule has 4 heteroatoms. The molecule has 0 aliphatic carbocycles. The summed E-state index contributed by atoms with van der Waals surface area (Å²) in [5.41, 5.74) is 2.62. The first-order valence-electron chi connectivity index (χ1n) is 5.90. The molecular formula is C13H27NO3. The van der Waals surface area contributed by atoms with Crippen LogP contribution in [-0.4, -0.2) is 34.2 Å². The lowest BCUT2D eigenvalue weighted by Crippen LogP contribution is -2.61. The predicted octanol–water partition coefficient (Wildman–Crippen LogP) is 1.41. The quantitative estimate of drug-likeness (QED) is 0.505. The van der Waals surface area contributed by atoms with E-state index in [2.05, 4.69) is 6.58 Å². The van der Waals surface area contributed by atoms with Gasteiger partial charge in [-0.15, -0.1) is 0 Å². The first-order chi connectivity index (χ1) is 7.39. The number of nitrogens with two attached hydrogens (primary N) is 1. The van der Waals surface area contributed by atoms with Crippen LogP contribution in [0.25, 0.3) is 0 Å².